The first kappa shape index (κ1) is 12.5. The highest BCUT2D eigenvalue weighted by Crippen LogP contribution is 2.34. The predicted octanol–water partition coefficient (Wildman–Crippen LogP) is 3.96. The SMILES string of the molecule is CCNc1ncnc(-c2cscc2Br)c1CC. The van der Waals surface area contributed by atoms with Crippen LogP contribution in [0.3, 0.4) is 0 Å². The molecule has 0 saturated carbocycles. The highest BCUT2D eigenvalue weighted by Gasteiger charge is 2.13. The fourth-order valence-corrected chi connectivity index (χ4v) is 3.22. The topological polar surface area (TPSA) is 37.8 Å². The van der Waals surface area contributed by atoms with Gasteiger partial charge in [0.05, 0.1) is 5.69 Å². The smallest absolute Gasteiger partial charge is 0.133 e. The van der Waals surface area contributed by atoms with Gasteiger partial charge in [-0.2, -0.15) is 11.3 Å². The van der Waals surface area contributed by atoms with E-state index in [4.69, 9.17) is 0 Å². The van der Waals surface area contributed by atoms with Crippen LogP contribution in [0.25, 0.3) is 11.3 Å². The van der Waals surface area contributed by atoms with Crippen LogP contribution in [0, 0.1) is 0 Å². The van der Waals surface area contributed by atoms with Gasteiger partial charge < -0.3 is 5.32 Å². The van der Waals surface area contributed by atoms with E-state index in [0.29, 0.717) is 0 Å². The van der Waals surface area contributed by atoms with Crippen LogP contribution >= 0.6 is 27.3 Å². The molecule has 17 heavy (non-hydrogen) atoms. The zero-order valence-electron chi connectivity index (χ0n) is 9.83. The van der Waals surface area contributed by atoms with E-state index in [1.165, 1.54) is 5.56 Å². The van der Waals surface area contributed by atoms with Crippen molar-refractivity contribution in [2.75, 3.05) is 11.9 Å². The van der Waals surface area contributed by atoms with Crippen molar-refractivity contribution in [2.24, 2.45) is 0 Å². The molecule has 0 radical (unpaired) electrons. The summed E-state index contributed by atoms with van der Waals surface area (Å²) in [7, 11) is 0. The van der Waals surface area contributed by atoms with Crippen LogP contribution in [0.1, 0.15) is 19.4 Å². The maximum Gasteiger partial charge on any atom is 0.133 e. The van der Waals surface area contributed by atoms with Gasteiger partial charge in [0.15, 0.2) is 0 Å². The monoisotopic (exact) mass is 311 g/mol. The molecule has 0 fully saturated rings. The third-order valence-electron chi connectivity index (χ3n) is 2.51. The molecule has 2 aromatic heterocycles. The lowest BCUT2D eigenvalue weighted by Gasteiger charge is -2.11. The van der Waals surface area contributed by atoms with Gasteiger partial charge >= 0.3 is 0 Å². The quantitative estimate of drug-likeness (QED) is 0.928. The molecule has 2 aromatic rings. The van der Waals surface area contributed by atoms with E-state index in [2.05, 4.69) is 55.8 Å². The highest BCUT2D eigenvalue weighted by atomic mass is 79.9. The van der Waals surface area contributed by atoms with Gasteiger partial charge in [-0.25, -0.2) is 9.97 Å². The van der Waals surface area contributed by atoms with Crippen molar-refractivity contribution in [2.45, 2.75) is 20.3 Å². The number of nitrogens with one attached hydrogen (secondary N) is 1. The third kappa shape index (κ3) is 2.50. The Morgan fingerprint density at radius 1 is 1.29 bits per heavy atom. The first-order chi connectivity index (χ1) is 8.27. The molecular formula is C12H14BrN3S. The molecule has 2 heterocycles. The van der Waals surface area contributed by atoms with E-state index in [9.17, 15) is 0 Å². The Balaban J connectivity index is 2.54. The Morgan fingerprint density at radius 3 is 2.71 bits per heavy atom. The molecule has 0 aliphatic heterocycles. The van der Waals surface area contributed by atoms with Crippen molar-refractivity contribution in [3.8, 4) is 11.3 Å². The molecule has 3 nitrogen and oxygen atoms in total. The second kappa shape index (κ2) is 5.60. The summed E-state index contributed by atoms with van der Waals surface area (Å²) in [6, 6.07) is 0. The number of nitrogens with zero attached hydrogens (tertiary/aromatic N) is 2. The van der Waals surface area contributed by atoms with Gasteiger partial charge in [0, 0.05) is 32.9 Å². The van der Waals surface area contributed by atoms with Gasteiger partial charge in [-0.1, -0.05) is 6.92 Å². The van der Waals surface area contributed by atoms with Crippen molar-refractivity contribution in [3.05, 3.63) is 27.1 Å². The lowest BCUT2D eigenvalue weighted by molar-refractivity contribution is 1.03. The summed E-state index contributed by atoms with van der Waals surface area (Å²) in [4.78, 5) is 8.73. The second-order valence-electron chi connectivity index (χ2n) is 3.57. The average Bonchev–Trinajstić information content (AvgIpc) is 2.75. The molecular weight excluding hydrogens is 298 g/mol. The summed E-state index contributed by atoms with van der Waals surface area (Å²) in [6.45, 7) is 5.07. The third-order valence-corrected chi connectivity index (χ3v) is 4.22. The van der Waals surface area contributed by atoms with Crippen LogP contribution in [0.2, 0.25) is 0 Å². The summed E-state index contributed by atoms with van der Waals surface area (Å²) in [6.07, 6.45) is 2.54. The van der Waals surface area contributed by atoms with E-state index in [-0.39, 0.29) is 0 Å². The normalized spacial score (nSPS) is 10.5. The first-order valence-electron chi connectivity index (χ1n) is 5.57. The highest BCUT2D eigenvalue weighted by molar-refractivity contribution is 9.10. The number of rotatable bonds is 4. The minimum Gasteiger partial charge on any atom is -0.370 e. The molecule has 0 saturated heterocycles. The summed E-state index contributed by atoms with van der Waals surface area (Å²) >= 11 is 5.23. The largest absolute Gasteiger partial charge is 0.370 e. The van der Waals surface area contributed by atoms with E-state index in [1.54, 1.807) is 17.7 Å². The summed E-state index contributed by atoms with van der Waals surface area (Å²) in [5.41, 5.74) is 3.34. The van der Waals surface area contributed by atoms with E-state index >= 15 is 0 Å². The van der Waals surface area contributed by atoms with Crippen LogP contribution in [-0.2, 0) is 6.42 Å². The predicted molar refractivity (Wildman–Crippen MR) is 76.6 cm³/mol. The van der Waals surface area contributed by atoms with Crippen molar-refractivity contribution < 1.29 is 0 Å². The number of anilines is 1. The van der Waals surface area contributed by atoms with Crippen molar-refractivity contribution in [3.63, 3.8) is 0 Å². The van der Waals surface area contributed by atoms with Gasteiger partial charge in [0.2, 0.25) is 0 Å². The summed E-state index contributed by atoms with van der Waals surface area (Å²) in [5, 5.41) is 7.47. The van der Waals surface area contributed by atoms with E-state index in [1.807, 2.05) is 0 Å². The Morgan fingerprint density at radius 2 is 2.12 bits per heavy atom. The Bertz CT molecular complexity index is 510. The molecule has 1 N–H and O–H groups in total. The number of hydrogen-bond acceptors (Lipinski definition) is 4. The van der Waals surface area contributed by atoms with Gasteiger partial charge in [-0.15, -0.1) is 0 Å². The molecule has 5 heteroatoms. The van der Waals surface area contributed by atoms with Crippen LogP contribution in [0.15, 0.2) is 21.6 Å². The Labute approximate surface area is 113 Å². The molecule has 90 valence electrons. The van der Waals surface area contributed by atoms with E-state index in [0.717, 1.165) is 34.5 Å². The summed E-state index contributed by atoms with van der Waals surface area (Å²) in [5.74, 6) is 0.943. The zero-order valence-corrected chi connectivity index (χ0v) is 12.2. The van der Waals surface area contributed by atoms with Crippen molar-refractivity contribution in [1.29, 1.82) is 0 Å². The van der Waals surface area contributed by atoms with Gasteiger partial charge in [-0.3, -0.25) is 0 Å². The maximum atomic E-state index is 4.42. The molecule has 0 amide bonds. The first-order valence-corrected chi connectivity index (χ1v) is 7.31. The average molecular weight is 312 g/mol. The fraction of sp³-hybridized carbons (Fsp3) is 0.333. The molecule has 0 aromatic carbocycles. The lowest BCUT2D eigenvalue weighted by atomic mass is 10.1. The van der Waals surface area contributed by atoms with Crippen molar-refractivity contribution >= 4 is 33.1 Å². The van der Waals surface area contributed by atoms with Gasteiger partial charge in [-0.05, 0) is 29.3 Å². The minimum atomic E-state index is 0.869. The molecule has 0 aliphatic rings. The second-order valence-corrected chi connectivity index (χ2v) is 5.16. The van der Waals surface area contributed by atoms with E-state index < -0.39 is 0 Å². The molecule has 0 unspecified atom stereocenters. The molecule has 0 aliphatic carbocycles. The van der Waals surface area contributed by atoms with Crippen LogP contribution in [-0.4, -0.2) is 16.5 Å². The van der Waals surface area contributed by atoms with Gasteiger partial charge in [0.1, 0.15) is 12.1 Å². The molecule has 0 atom stereocenters. The van der Waals surface area contributed by atoms with Gasteiger partial charge in [0.25, 0.3) is 0 Å². The molecule has 2 rings (SSSR count). The summed E-state index contributed by atoms with van der Waals surface area (Å²) < 4.78 is 1.10. The minimum absolute atomic E-state index is 0.869. The van der Waals surface area contributed by atoms with Crippen LogP contribution < -0.4 is 5.32 Å². The Hall–Kier alpha value is -0.940. The zero-order chi connectivity index (χ0) is 12.3. The molecule has 0 bridgehead atoms. The van der Waals surface area contributed by atoms with Crippen molar-refractivity contribution in [1.82, 2.24) is 9.97 Å². The number of aromatic nitrogens is 2. The standard InChI is InChI=1S/C12H14BrN3S/c1-3-8-11(9-5-17-6-10(9)13)15-7-16-12(8)14-4-2/h5-7H,3-4H2,1-2H3,(H,14,15,16). The molecule has 0 spiro atoms. The van der Waals surface area contributed by atoms with Crippen LogP contribution in [0.5, 0.6) is 0 Å². The van der Waals surface area contributed by atoms with Crippen LogP contribution in [0.4, 0.5) is 5.82 Å². The number of halogens is 1. The maximum absolute atomic E-state index is 4.42. The Kier molecular flexibility index (Phi) is 4.12. The lowest BCUT2D eigenvalue weighted by Crippen LogP contribution is -2.05. The number of thiophene rings is 1. The fourth-order valence-electron chi connectivity index (χ4n) is 1.75. The number of hydrogen-bond donors (Lipinski definition) is 1.